The standard InChI is InChI=1S/C21H29F3N6/c1-3-30-15-28-29-18(30)13-26-19(25-2)27-14-20(10-5-4-6-11-20)16-8-7-9-17(12-16)21(22,23)24/h7-9,12,15H,3-6,10-11,13-14H2,1-2H3,(H2,25,26,27). The van der Waals surface area contributed by atoms with Crippen molar-refractivity contribution in [2.45, 2.75) is 63.7 Å². The Hall–Kier alpha value is -2.58. The highest BCUT2D eigenvalue weighted by Gasteiger charge is 2.37. The van der Waals surface area contributed by atoms with Crippen molar-refractivity contribution in [1.29, 1.82) is 0 Å². The summed E-state index contributed by atoms with van der Waals surface area (Å²) in [5.74, 6) is 1.39. The zero-order valence-electron chi connectivity index (χ0n) is 17.5. The summed E-state index contributed by atoms with van der Waals surface area (Å²) in [5.41, 5.74) is -0.197. The summed E-state index contributed by atoms with van der Waals surface area (Å²) in [6.45, 7) is 3.77. The second-order valence-electron chi connectivity index (χ2n) is 7.73. The summed E-state index contributed by atoms with van der Waals surface area (Å²) in [6, 6.07) is 5.78. The van der Waals surface area contributed by atoms with Gasteiger partial charge in [-0.2, -0.15) is 13.2 Å². The Morgan fingerprint density at radius 1 is 1.20 bits per heavy atom. The highest BCUT2D eigenvalue weighted by molar-refractivity contribution is 5.79. The van der Waals surface area contributed by atoms with Gasteiger partial charge in [-0.3, -0.25) is 4.99 Å². The predicted octanol–water partition coefficient (Wildman–Crippen LogP) is 3.88. The molecule has 0 bridgehead atoms. The summed E-state index contributed by atoms with van der Waals surface area (Å²) >= 11 is 0. The van der Waals surface area contributed by atoms with Crippen molar-refractivity contribution in [2.24, 2.45) is 4.99 Å². The van der Waals surface area contributed by atoms with Gasteiger partial charge in [-0.25, -0.2) is 0 Å². The lowest BCUT2D eigenvalue weighted by molar-refractivity contribution is -0.137. The SMILES string of the molecule is CCn1cnnc1CNC(=NC)NCC1(c2cccc(C(F)(F)F)c2)CCCCC1. The van der Waals surface area contributed by atoms with Crippen LogP contribution in [0, 0.1) is 0 Å². The smallest absolute Gasteiger partial charge is 0.356 e. The largest absolute Gasteiger partial charge is 0.416 e. The minimum atomic E-state index is -4.34. The molecule has 0 spiro atoms. The van der Waals surface area contributed by atoms with Crippen LogP contribution in [0.5, 0.6) is 0 Å². The molecule has 1 aliphatic carbocycles. The number of nitrogens with zero attached hydrogens (tertiary/aromatic N) is 4. The van der Waals surface area contributed by atoms with Crippen molar-refractivity contribution in [3.8, 4) is 0 Å². The molecule has 1 saturated carbocycles. The quantitative estimate of drug-likeness (QED) is 0.548. The Kier molecular flexibility index (Phi) is 6.99. The third kappa shape index (κ3) is 5.12. The summed E-state index contributed by atoms with van der Waals surface area (Å²) in [6.07, 6.45) is 2.16. The third-order valence-electron chi connectivity index (χ3n) is 5.88. The first kappa shape index (κ1) is 22.1. The highest BCUT2D eigenvalue weighted by Crippen LogP contribution is 2.41. The molecule has 30 heavy (non-hydrogen) atoms. The molecule has 9 heteroatoms. The molecule has 0 amide bonds. The maximum atomic E-state index is 13.3. The van der Waals surface area contributed by atoms with Crippen molar-refractivity contribution < 1.29 is 13.2 Å². The Labute approximate surface area is 175 Å². The van der Waals surface area contributed by atoms with Crippen LogP contribution in [-0.4, -0.2) is 34.3 Å². The van der Waals surface area contributed by atoms with Gasteiger partial charge in [0.25, 0.3) is 0 Å². The van der Waals surface area contributed by atoms with Crippen LogP contribution in [0.25, 0.3) is 0 Å². The lowest BCUT2D eigenvalue weighted by Crippen LogP contribution is -2.46. The van der Waals surface area contributed by atoms with E-state index in [9.17, 15) is 13.2 Å². The first-order chi connectivity index (χ1) is 14.4. The number of aromatic nitrogens is 3. The fourth-order valence-electron chi connectivity index (χ4n) is 4.14. The number of hydrogen-bond donors (Lipinski definition) is 2. The molecule has 2 N–H and O–H groups in total. The first-order valence-corrected chi connectivity index (χ1v) is 10.4. The van der Waals surface area contributed by atoms with Gasteiger partial charge in [0, 0.05) is 25.6 Å². The Bertz CT molecular complexity index is 852. The van der Waals surface area contributed by atoms with Crippen molar-refractivity contribution in [3.05, 3.63) is 47.5 Å². The normalized spacial score (nSPS) is 17.0. The maximum absolute atomic E-state index is 13.3. The average Bonchev–Trinajstić information content (AvgIpc) is 3.21. The summed E-state index contributed by atoms with van der Waals surface area (Å²) in [4.78, 5) is 4.27. The van der Waals surface area contributed by atoms with Crippen LogP contribution in [0.2, 0.25) is 0 Å². The topological polar surface area (TPSA) is 67.1 Å². The Balaban J connectivity index is 1.73. The third-order valence-corrected chi connectivity index (χ3v) is 5.88. The molecule has 0 atom stereocenters. The number of nitrogens with one attached hydrogen (secondary N) is 2. The van der Waals surface area contributed by atoms with E-state index in [4.69, 9.17) is 0 Å². The molecule has 0 aliphatic heterocycles. The maximum Gasteiger partial charge on any atom is 0.416 e. The van der Waals surface area contributed by atoms with Gasteiger partial charge in [0.1, 0.15) is 6.33 Å². The number of rotatable bonds is 6. The van der Waals surface area contributed by atoms with Crippen LogP contribution in [0.1, 0.15) is 56.0 Å². The van der Waals surface area contributed by atoms with Gasteiger partial charge < -0.3 is 15.2 Å². The van der Waals surface area contributed by atoms with Gasteiger partial charge in [-0.1, -0.05) is 37.5 Å². The number of guanidine groups is 1. The summed E-state index contributed by atoms with van der Waals surface area (Å²) in [5, 5.41) is 14.6. The number of benzene rings is 1. The van der Waals surface area contributed by atoms with E-state index < -0.39 is 11.7 Å². The van der Waals surface area contributed by atoms with E-state index in [1.165, 1.54) is 12.1 Å². The molecule has 1 aromatic heterocycles. The van der Waals surface area contributed by atoms with E-state index in [-0.39, 0.29) is 5.41 Å². The number of alkyl halides is 3. The Morgan fingerprint density at radius 2 is 1.97 bits per heavy atom. The van der Waals surface area contributed by atoms with E-state index in [2.05, 4.69) is 25.8 Å². The minimum absolute atomic E-state index is 0.347. The zero-order valence-corrected chi connectivity index (χ0v) is 17.5. The van der Waals surface area contributed by atoms with Crippen molar-refractivity contribution in [2.75, 3.05) is 13.6 Å². The van der Waals surface area contributed by atoms with Gasteiger partial charge in [0.2, 0.25) is 0 Å². The van der Waals surface area contributed by atoms with Crippen LogP contribution in [0.4, 0.5) is 13.2 Å². The molecule has 0 saturated heterocycles. The predicted molar refractivity (Wildman–Crippen MR) is 110 cm³/mol. The second kappa shape index (κ2) is 9.49. The summed E-state index contributed by atoms with van der Waals surface area (Å²) < 4.78 is 41.7. The molecule has 164 valence electrons. The van der Waals surface area contributed by atoms with Crippen molar-refractivity contribution in [1.82, 2.24) is 25.4 Å². The zero-order chi connectivity index (χ0) is 21.6. The summed E-state index contributed by atoms with van der Waals surface area (Å²) in [7, 11) is 1.68. The van der Waals surface area contributed by atoms with Crippen molar-refractivity contribution in [3.63, 3.8) is 0 Å². The van der Waals surface area contributed by atoms with Crippen LogP contribution >= 0.6 is 0 Å². The fraction of sp³-hybridized carbons (Fsp3) is 0.571. The number of halogens is 3. The minimum Gasteiger partial charge on any atom is -0.356 e. The average molecular weight is 422 g/mol. The number of aliphatic imine (C=N–C) groups is 1. The van der Waals surface area contributed by atoms with E-state index >= 15 is 0 Å². The number of aryl methyl sites for hydroxylation is 1. The second-order valence-corrected chi connectivity index (χ2v) is 7.73. The number of hydrogen-bond acceptors (Lipinski definition) is 3. The van der Waals surface area contributed by atoms with Crippen LogP contribution < -0.4 is 10.6 Å². The molecule has 0 radical (unpaired) electrons. The molecule has 1 heterocycles. The van der Waals surface area contributed by atoms with E-state index in [1.54, 1.807) is 13.4 Å². The first-order valence-electron chi connectivity index (χ1n) is 10.4. The molecular weight excluding hydrogens is 393 g/mol. The van der Waals surface area contributed by atoms with Crippen LogP contribution in [0.15, 0.2) is 35.6 Å². The molecule has 1 aliphatic rings. The van der Waals surface area contributed by atoms with Gasteiger partial charge in [-0.15, -0.1) is 10.2 Å². The Morgan fingerprint density at radius 3 is 2.63 bits per heavy atom. The van der Waals surface area contributed by atoms with Gasteiger partial charge in [-0.05, 0) is 31.4 Å². The molecular formula is C21H29F3N6. The molecule has 0 unspecified atom stereocenters. The monoisotopic (exact) mass is 422 g/mol. The molecule has 2 aromatic rings. The molecule has 3 rings (SSSR count). The lowest BCUT2D eigenvalue weighted by Gasteiger charge is -2.38. The lowest BCUT2D eigenvalue weighted by atomic mass is 9.69. The van der Waals surface area contributed by atoms with Gasteiger partial charge in [0.05, 0.1) is 12.1 Å². The van der Waals surface area contributed by atoms with Crippen LogP contribution in [0.3, 0.4) is 0 Å². The van der Waals surface area contributed by atoms with Gasteiger partial charge in [0.15, 0.2) is 11.8 Å². The molecule has 1 fully saturated rings. The van der Waals surface area contributed by atoms with Gasteiger partial charge >= 0.3 is 6.18 Å². The van der Waals surface area contributed by atoms with E-state index in [0.29, 0.717) is 19.0 Å². The molecule has 1 aromatic carbocycles. The van der Waals surface area contributed by atoms with E-state index in [1.807, 2.05) is 17.6 Å². The molecule has 6 nitrogen and oxygen atoms in total. The van der Waals surface area contributed by atoms with Crippen LogP contribution in [-0.2, 0) is 24.7 Å². The van der Waals surface area contributed by atoms with Crippen molar-refractivity contribution >= 4 is 5.96 Å². The van der Waals surface area contributed by atoms with E-state index in [0.717, 1.165) is 56.1 Å². The highest BCUT2D eigenvalue weighted by atomic mass is 19.4. The fourth-order valence-corrected chi connectivity index (χ4v) is 4.14.